The molecule has 158 valence electrons. The number of likely N-dealkylation sites (N-methyl/N-ethyl adjacent to an activating group) is 1. The highest BCUT2D eigenvalue weighted by molar-refractivity contribution is 5.95. The Kier molecular flexibility index (Phi) is 6.15. The molecule has 2 aromatic rings. The molecule has 0 saturated carbocycles. The van der Waals surface area contributed by atoms with Gasteiger partial charge in [-0.2, -0.15) is 5.26 Å². The van der Waals surface area contributed by atoms with Crippen molar-refractivity contribution in [2.45, 2.75) is 25.8 Å². The summed E-state index contributed by atoms with van der Waals surface area (Å²) in [4.78, 5) is 47.8. The number of rotatable bonds is 5. The van der Waals surface area contributed by atoms with Gasteiger partial charge in [-0.05, 0) is 18.4 Å². The van der Waals surface area contributed by atoms with Gasteiger partial charge in [0.1, 0.15) is 18.6 Å². The van der Waals surface area contributed by atoms with Crippen molar-refractivity contribution in [3.63, 3.8) is 0 Å². The molecule has 3 heterocycles. The molecule has 0 aromatic carbocycles. The number of nitriles is 1. The number of nitrogens with zero attached hydrogens (tertiary/aromatic N) is 6. The number of hydrogen-bond acceptors (Lipinski definition) is 7. The van der Waals surface area contributed by atoms with Gasteiger partial charge in [-0.15, -0.1) is 0 Å². The molecule has 2 aromatic heterocycles. The van der Waals surface area contributed by atoms with Crippen molar-refractivity contribution in [1.29, 1.82) is 5.26 Å². The topological polar surface area (TPSA) is 150 Å². The third kappa shape index (κ3) is 4.17. The minimum Gasteiger partial charge on any atom is -0.368 e. The van der Waals surface area contributed by atoms with E-state index in [0.717, 1.165) is 6.42 Å². The van der Waals surface area contributed by atoms with Gasteiger partial charge in [0, 0.05) is 26.3 Å². The van der Waals surface area contributed by atoms with E-state index in [4.69, 9.17) is 11.0 Å². The van der Waals surface area contributed by atoms with Gasteiger partial charge in [-0.1, -0.05) is 6.92 Å². The minimum atomic E-state index is -0.642. The van der Waals surface area contributed by atoms with Crippen LogP contribution in [0.2, 0.25) is 0 Å². The van der Waals surface area contributed by atoms with Crippen LogP contribution in [0.4, 0.5) is 10.6 Å². The van der Waals surface area contributed by atoms with Crippen LogP contribution in [0.1, 0.15) is 19.8 Å². The molecule has 11 heteroatoms. The smallest absolute Gasteiger partial charge is 0.327 e. The molecule has 2 atom stereocenters. The molecular formula is C19H24N8O3. The van der Waals surface area contributed by atoms with Crippen LogP contribution >= 0.6 is 0 Å². The molecule has 0 radical (unpaired) electrons. The lowest BCUT2D eigenvalue weighted by atomic mass is 9.92. The van der Waals surface area contributed by atoms with E-state index in [1.165, 1.54) is 10.9 Å². The summed E-state index contributed by atoms with van der Waals surface area (Å²) in [5.41, 5.74) is 5.47. The number of amides is 3. The van der Waals surface area contributed by atoms with E-state index in [0.29, 0.717) is 35.9 Å². The second kappa shape index (κ2) is 8.77. The maximum Gasteiger partial charge on any atom is 0.327 e. The van der Waals surface area contributed by atoms with E-state index in [2.05, 4.69) is 22.2 Å². The fourth-order valence-corrected chi connectivity index (χ4v) is 3.75. The summed E-state index contributed by atoms with van der Waals surface area (Å²) >= 11 is 0. The largest absolute Gasteiger partial charge is 0.368 e. The molecule has 11 nitrogen and oxygen atoms in total. The van der Waals surface area contributed by atoms with Crippen LogP contribution in [0.25, 0.3) is 11.0 Å². The lowest BCUT2D eigenvalue weighted by Gasteiger charge is -2.42. The van der Waals surface area contributed by atoms with E-state index < -0.39 is 11.9 Å². The molecule has 1 aliphatic heterocycles. The quantitative estimate of drug-likeness (QED) is 0.705. The maximum absolute atomic E-state index is 12.3. The van der Waals surface area contributed by atoms with Crippen LogP contribution in [-0.4, -0.2) is 70.0 Å². The van der Waals surface area contributed by atoms with Crippen molar-refractivity contribution in [3.8, 4) is 6.07 Å². The molecule has 3 rings (SSSR count). The highest BCUT2D eigenvalue weighted by Crippen LogP contribution is 2.29. The standard InChI is InChI=1S/C19H24N8O3/c1-12-4-7-26(16(29)3-6-20)10-14(12)25(2)17-13-5-8-27(18(13)24-11-23-17)19(30)22-9-15(21)28/h5,8,11-12,14H,3-4,7,9-10H2,1-2H3,(H2,21,28)(H,22,30)/t12-,14+/m1/s1. The number of carbonyl (C=O) groups is 3. The summed E-state index contributed by atoms with van der Waals surface area (Å²) in [7, 11) is 1.89. The number of hydrogen-bond donors (Lipinski definition) is 2. The predicted molar refractivity (Wildman–Crippen MR) is 108 cm³/mol. The molecule has 3 amide bonds. The molecule has 30 heavy (non-hydrogen) atoms. The Morgan fingerprint density at radius 2 is 2.17 bits per heavy atom. The van der Waals surface area contributed by atoms with Gasteiger partial charge in [-0.25, -0.2) is 14.8 Å². The first-order valence-corrected chi connectivity index (χ1v) is 9.59. The number of piperidine rings is 1. The Bertz CT molecular complexity index is 1010. The number of primary amides is 1. The molecule has 3 N–H and O–H groups in total. The van der Waals surface area contributed by atoms with Crippen LogP contribution in [0.15, 0.2) is 18.6 Å². The summed E-state index contributed by atoms with van der Waals surface area (Å²) in [6.07, 6.45) is 3.61. The molecule has 0 aliphatic carbocycles. The SMILES string of the molecule is C[C@@H]1CCN(C(=O)CC#N)C[C@@H]1N(C)c1ncnc2c1ccn2C(=O)NCC(N)=O. The zero-order valence-corrected chi connectivity index (χ0v) is 16.9. The number of aromatic nitrogens is 3. The first kappa shape index (κ1) is 21.0. The van der Waals surface area contributed by atoms with Crippen LogP contribution in [0.5, 0.6) is 0 Å². The van der Waals surface area contributed by atoms with Crippen molar-refractivity contribution in [2.75, 3.05) is 31.6 Å². The van der Waals surface area contributed by atoms with E-state index in [1.807, 2.05) is 18.0 Å². The number of anilines is 1. The Morgan fingerprint density at radius 3 is 2.87 bits per heavy atom. The average Bonchev–Trinajstić information content (AvgIpc) is 3.16. The monoisotopic (exact) mass is 412 g/mol. The van der Waals surface area contributed by atoms with E-state index in [-0.39, 0.29) is 24.9 Å². The minimum absolute atomic E-state index is 0.00784. The first-order chi connectivity index (χ1) is 14.3. The molecule has 0 spiro atoms. The van der Waals surface area contributed by atoms with Crippen LogP contribution in [0, 0.1) is 17.2 Å². The van der Waals surface area contributed by atoms with Crippen LogP contribution in [-0.2, 0) is 9.59 Å². The normalized spacial score (nSPS) is 18.6. The van der Waals surface area contributed by atoms with Gasteiger partial charge in [0.25, 0.3) is 0 Å². The Balaban J connectivity index is 1.87. The molecule has 0 bridgehead atoms. The Hall–Kier alpha value is -3.68. The Labute approximate surface area is 173 Å². The number of nitrogens with one attached hydrogen (secondary N) is 1. The second-order valence-electron chi connectivity index (χ2n) is 7.36. The number of likely N-dealkylation sites (tertiary alicyclic amines) is 1. The van der Waals surface area contributed by atoms with Crippen LogP contribution in [0.3, 0.4) is 0 Å². The maximum atomic E-state index is 12.3. The molecule has 1 saturated heterocycles. The van der Waals surface area contributed by atoms with Gasteiger partial charge in [0.2, 0.25) is 11.8 Å². The van der Waals surface area contributed by atoms with Crippen molar-refractivity contribution in [1.82, 2.24) is 24.8 Å². The van der Waals surface area contributed by atoms with Crippen molar-refractivity contribution in [2.24, 2.45) is 11.7 Å². The molecule has 0 unspecified atom stereocenters. The molecular weight excluding hydrogens is 388 g/mol. The third-order valence-corrected chi connectivity index (χ3v) is 5.43. The summed E-state index contributed by atoms with van der Waals surface area (Å²) in [6, 6.07) is 3.12. The highest BCUT2D eigenvalue weighted by Gasteiger charge is 2.32. The van der Waals surface area contributed by atoms with Gasteiger partial charge >= 0.3 is 6.03 Å². The zero-order chi connectivity index (χ0) is 21.8. The summed E-state index contributed by atoms with van der Waals surface area (Å²) in [5, 5.41) is 11.9. The van der Waals surface area contributed by atoms with E-state index >= 15 is 0 Å². The highest BCUT2D eigenvalue weighted by atomic mass is 16.2. The summed E-state index contributed by atoms with van der Waals surface area (Å²) < 4.78 is 1.30. The number of carbonyl (C=O) groups excluding carboxylic acids is 3. The van der Waals surface area contributed by atoms with Gasteiger partial charge in [0.05, 0.1) is 24.0 Å². The van der Waals surface area contributed by atoms with Gasteiger partial charge < -0.3 is 20.9 Å². The fourth-order valence-electron chi connectivity index (χ4n) is 3.75. The third-order valence-electron chi connectivity index (χ3n) is 5.43. The average molecular weight is 412 g/mol. The zero-order valence-electron chi connectivity index (χ0n) is 16.9. The summed E-state index contributed by atoms with van der Waals surface area (Å²) in [6.45, 7) is 2.96. The van der Waals surface area contributed by atoms with Gasteiger partial charge in [0.15, 0.2) is 5.65 Å². The lowest BCUT2D eigenvalue weighted by Crippen LogP contribution is -2.52. The van der Waals surface area contributed by atoms with Crippen LogP contribution < -0.4 is 16.0 Å². The van der Waals surface area contributed by atoms with Gasteiger partial charge in [-0.3, -0.25) is 14.2 Å². The van der Waals surface area contributed by atoms with E-state index in [9.17, 15) is 14.4 Å². The van der Waals surface area contributed by atoms with Crippen molar-refractivity contribution in [3.05, 3.63) is 18.6 Å². The van der Waals surface area contributed by atoms with E-state index in [1.54, 1.807) is 17.2 Å². The molecule has 1 fully saturated rings. The lowest BCUT2D eigenvalue weighted by molar-refractivity contribution is -0.131. The summed E-state index contributed by atoms with van der Waals surface area (Å²) in [5.74, 6) is 0.115. The Morgan fingerprint density at radius 1 is 1.40 bits per heavy atom. The van der Waals surface area contributed by atoms with Crippen molar-refractivity contribution >= 4 is 34.7 Å². The number of nitrogens with two attached hydrogens (primary N) is 1. The second-order valence-corrected chi connectivity index (χ2v) is 7.36. The van der Waals surface area contributed by atoms with Crippen molar-refractivity contribution < 1.29 is 14.4 Å². The fraction of sp³-hybridized carbons (Fsp3) is 0.474. The molecule has 1 aliphatic rings. The predicted octanol–water partition coefficient (Wildman–Crippen LogP) is 0.0612. The number of fused-ring (bicyclic) bond motifs is 1. The first-order valence-electron chi connectivity index (χ1n) is 9.59.